The first-order valence-corrected chi connectivity index (χ1v) is 5.67. The highest BCUT2D eigenvalue weighted by Crippen LogP contribution is 2.34. The molecule has 2 N–H and O–H groups in total. The minimum absolute atomic E-state index is 0.578. The van der Waals surface area contributed by atoms with Crippen molar-refractivity contribution in [3.05, 3.63) is 33.3 Å². The van der Waals surface area contributed by atoms with Crippen LogP contribution in [0.1, 0.15) is 12.0 Å². The Balaban J connectivity index is 2.40. The Morgan fingerprint density at radius 2 is 2.29 bits per heavy atom. The maximum atomic E-state index is 10.3. The summed E-state index contributed by atoms with van der Waals surface area (Å²) >= 11 is 9.42. The van der Waals surface area contributed by atoms with Gasteiger partial charge in [-0.3, -0.25) is 0 Å². The monoisotopic (exact) mass is 275 g/mol. The predicted molar refractivity (Wildman–Crippen MR) is 60.5 cm³/mol. The average Bonchev–Trinajstić information content (AvgIpc) is 2.52. The van der Waals surface area contributed by atoms with E-state index in [1.165, 1.54) is 0 Å². The van der Waals surface area contributed by atoms with Gasteiger partial charge in [0.1, 0.15) is 5.60 Å². The van der Waals surface area contributed by atoms with Crippen LogP contribution in [0, 0.1) is 0 Å². The van der Waals surface area contributed by atoms with E-state index in [-0.39, 0.29) is 0 Å². The molecule has 0 bridgehead atoms. The Morgan fingerprint density at radius 1 is 1.50 bits per heavy atom. The molecule has 1 atom stereocenters. The molecule has 1 aromatic rings. The van der Waals surface area contributed by atoms with Gasteiger partial charge in [0, 0.05) is 21.6 Å². The highest BCUT2D eigenvalue weighted by Gasteiger charge is 2.34. The van der Waals surface area contributed by atoms with Crippen molar-refractivity contribution < 1.29 is 5.11 Å². The molecule has 14 heavy (non-hydrogen) atoms. The highest BCUT2D eigenvalue weighted by atomic mass is 79.9. The fraction of sp³-hybridized carbons (Fsp3) is 0.400. The fourth-order valence-electron chi connectivity index (χ4n) is 1.78. The Hall–Kier alpha value is -0.0900. The number of hydrogen-bond acceptors (Lipinski definition) is 2. The Bertz CT molecular complexity index is 350. The summed E-state index contributed by atoms with van der Waals surface area (Å²) in [4.78, 5) is 0. The molecule has 0 amide bonds. The van der Waals surface area contributed by atoms with Gasteiger partial charge in [-0.2, -0.15) is 0 Å². The van der Waals surface area contributed by atoms with Gasteiger partial charge in [0.25, 0.3) is 0 Å². The average molecular weight is 277 g/mol. The molecule has 1 aromatic carbocycles. The van der Waals surface area contributed by atoms with Crippen LogP contribution < -0.4 is 5.32 Å². The van der Waals surface area contributed by atoms with E-state index in [0.717, 1.165) is 16.6 Å². The topological polar surface area (TPSA) is 32.3 Å². The summed E-state index contributed by atoms with van der Waals surface area (Å²) in [6.07, 6.45) is 0.717. The highest BCUT2D eigenvalue weighted by molar-refractivity contribution is 9.10. The fourth-order valence-corrected chi connectivity index (χ4v) is 2.62. The summed E-state index contributed by atoms with van der Waals surface area (Å²) in [6, 6.07) is 5.59. The van der Waals surface area contributed by atoms with Gasteiger partial charge in [0.05, 0.1) is 0 Å². The first-order valence-electron chi connectivity index (χ1n) is 4.50. The lowest BCUT2D eigenvalue weighted by molar-refractivity contribution is 0.0588. The van der Waals surface area contributed by atoms with Gasteiger partial charge in [-0.1, -0.05) is 33.6 Å². The van der Waals surface area contributed by atoms with Crippen molar-refractivity contribution >= 4 is 27.5 Å². The van der Waals surface area contributed by atoms with Crippen LogP contribution in [0.4, 0.5) is 0 Å². The normalized spacial score (nSPS) is 26.8. The zero-order chi connectivity index (χ0) is 10.2. The quantitative estimate of drug-likeness (QED) is 0.825. The number of hydrogen-bond donors (Lipinski definition) is 2. The third kappa shape index (κ3) is 1.82. The van der Waals surface area contributed by atoms with Gasteiger partial charge in [0.15, 0.2) is 0 Å². The number of nitrogens with one attached hydrogen (secondary N) is 1. The molecule has 0 aliphatic carbocycles. The number of aliphatic hydroxyl groups is 1. The second-order valence-corrected chi connectivity index (χ2v) is 4.91. The molecule has 2 rings (SSSR count). The second kappa shape index (κ2) is 3.81. The standard InChI is InChI=1S/C10H11BrClNO/c11-7-1-2-8(9(12)5-7)10(14)3-4-13-6-10/h1-2,5,13-14H,3-4,6H2. The van der Waals surface area contributed by atoms with Crippen LogP contribution in [0.3, 0.4) is 0 Å². The molecule has 76 valence electrons. The van der Waals surface area contributed by atoms with Crippen LogP contribution in [0.25, 0.3) is 0 Å². The lowest BCUT2D eigenvalue weighted by Crippen LogP contribution is -2.28. The molecule has 0 radical (unpaired) electrons. The molecular formula is C10H11BrClNO. The van der Waals surface area contributed by atoms with Crippen LogP contribution in [0.5, 0.6) is 0 Å². The molecule has 2 nitrogen and oxygen atoms in total. The maximum absolute atomic E-state index is 10.3. The van der Waals surface area contributed by atoms with E-state index in [0.29, 0.717) is 18.0 Å². The molecule has 1 unspecified atom stereocenters. The summed E-state index contributed by atoms with van der Waals surface area (Å²) < 4.78 is 0.931. The van der Waals surface area contributed by atoms with E-state index < -0.39 is 5.60 Å². The molecule has 1 aliphatic heterocycles. The van der Waals surface area contributed by atoms with Crippen molar-refractivity contribution in [2.24, 2.45) is 0 Å². The van der Waals surface area contributed by atoms with Gasteiger partial charge in [0.2, 0.25) is 0 Å². The molecule has 1 saturated heterocycles. The second-order valence-electron chi connectivity index (χ2n) is 3.58. The van der Waals surface area contributed by atoms with Gasteiger partial charge >= 0.3 is 0 Å². The first kappa shape index (κ1) is 10.4. The van der Waals surface area contributed by atoms with Crippen LogP contribution in [-0.2, 0) is 5.60 Å². The van der Waals surface area contributed by atoms with E-state index in [1.54, 1.807) is 0 Å². The van der Waals surface area contributed by atoms with E-state index in [9.17, 15) is 5.11 Å². The number of rotatable bonds is 1. The third-order valence-corrected chi connectivity index (χ3v) is 3.37. The van der Waals surface area contributed by atoms with Crippen LogP contribution in [-0.4, -0.2) is 18.2 Å². The van der Waals surface area contributed by atoms with E-state index >= 15 is 0 Å². The van der Waals surface area contributed by atoms with E-state index in [2.05, 4.69) is 21.2 Å². The van der Waals surface area contributed by atoms with Crippen molar-refractivity contribution in [3.8, 4) is 0 Å². The minimum atomic E-state index is -0.794. The van der Waals surface area contributed by atoms with Crippen molar-refractivity contribution in [1.29, 1.82) is 0 Å². The molecule has 0 saturated carbocycles. The zero-order valence-corrected chi connectivity index (χ0v) is 9.90. The van der Waals surface area contributed by atoms with Gasteiger partial charge in [-0.25, -0.2) is 0 Å². The van der Waals surface area contributed by atoms with Gasteiger partial charge in [-0.05, 0) is 25.1 Å². The number of β-amino-alcohol motifs (C(OH)–C–C–N with tert-alkyl or cyclic N) is 1. The number of benzene rings is 1. The minimum Gasteiger partial charge on any atom is -0.384 e. The van der Waals surface area contributed by atoms with E-state index in [4.69, 9.17) is 11.6 Å². The first-order chi connectivity index (χ1) is 6.62. The van der Waals surface area contributed by atoms with Crippen molar-refractivity contribution in [2.45, 2.75) is 12.0 Å². The molecule has 0 spiro atoms. The molecule has 1 heterocycles. The summed E-state index contributed by atoms with van der Waals surface area (Å²) in [5, 5.41) is 14.0. The summed E-state index contributed by atoms with van der Waals surface area (Å²) in [5.41, 5.74) is 0.0185. The molecule has 1 fully saturated rings. The maximum Gasteiger partial charge on any atom is 0.105 e. The van der Waals surface area contributed by atoms with Crippen LogP contribution >= 0.6 is 27.5 Å². The Labute approximate surface area is 96.4 Å². The third-order valence-electron chi connectivity index (χ3n) is 2.57. The summed E-state index contributed by atoms with van der Waals surface area (Å²) in [5.74, 6) is 0. The number of halogens is 2. The van der Waals surface area contributed by atoms with Gasteiger partial charge < -0.3 is 10.4 Å². The Kier molecular flexibility index (Phi) is 2.84. The smallest absolute Gasteiger partial charge is 0.105 e. The predicted octanol–water partition coefficient (Wildman–Crippen LogP) is 2.28. The van der Waals surface area contributed by atoms with Gasteiger partial charge in [-0.15, -0.1) is 0 Å². The van der Waals surface area contributed by atoms with Crippen LogP contribution in [0.15, 0.2) is 22.7 Å². The lowest BCUT2D eigenvalue weighted by Gasteiger charge is -2.23. The zero-order valence-electron chi connectivity index (χ0n) is 7.56. The van der Waals surface area contributed by atoms with Crippen molar-refractivity contribution in [1.82, 2.24) is 5.32 Å². The van der Waals surface area contributed by atoms with Crippen molar-refractivity contribution in [3.63, 3.8) is 0 Å². The SMILES string of the molecule is OC1(c2ccc(Br)cc2Cl)CCNC1. The van der Waals surface area contributed by atoms with E-state index in [1.807, 2.05) is 18.2 Å². The molecule has 0 aromatic heterocycles. The lowest BCUT2D eigenvalue weighted by atomic mass is 9.93. The summed E-state index contributed by atoms with van der Waals surface area (Å²) in [6.45, 7) is 1.41. The molecule has 4 heteroatoms. The van der Waals surface area contributed by atoms with Crippen LogP contribution in [0.2, 0.25) is 5.02 Å². The largest absolute Gasteiger partial charge is 0.384 e. The Morgan fingerprint density at radius 3 is 2.86 bits per heavy atom. The van der Waals surface area contributed by atoms with Crippen molar-refractivity contribution in [2.75, 3.05) is 13.1 Å². The summed E-state index contributed by atoms with van der Waals surface area (Å²) in [7, 11) is 0. The molecular weight excluding hydrogens is 265 g/mol. The molecule has 1 aliphatic rings.